The molecule has 0 saturated heterocycles. The number of hydrogen-bond acceptors (Lipinski definition) is 4. The largest absolute Gasteiger partial charge is 0.312 e. The molecule has 0 aliphatic heterocycles. The molecule has 0 atom stereocenters. The standard InChI is InChI=1S/C21H25N3O2S/c1-3-27(25,26)14-13-22-15-18-16-24(19-10-5-4-6-11-19)23-21(18)20-12-8-7-9-17(20)2/h4-12,16,22H,3,13-15H2,1-2H3. The van der Waals surface area contributed by atoms with Crippen molar-refractivity contribution in [3.63, 3.8) is 0 Å². The molecule has 3 rings (SSSR count). The fourth-order valence-corrected chi connectivity index (χ4v) is 3.66. The van der Waals surface area contributed by atoms with E-state index in [9.17, 15) is 8.42 Å². The van der Waals surface area contributed by atoms with Gasteiger partial charge in [0, 0.05) is 36.2 Å². The lowest BCUT2D eigenvalue weighted by Gasteiger charge is -2.07. The number of rotatable bonds is 8. The molecule has 1 N–H and O–H groups in total. The quantitative estimate of drug-likeness (QED) is 0.606. The highest BCUT2D eigenvalue weighted by Gasteiger charge is 2.14. The lowest BCUT2D eigenvalue weighted by Crippen LogP contribution is -2.23. The summed E-state index contributed by atoms with van der Waals surface area (Å²) < 4.78 is 25.2. The summed E-state index contributed by atoms with van der Waals surface area (Å²) in [6.07, 6.45) is 2.01. The Morgan fingerprint density at radius 2 is 1.74 bits per heavy atom. The Hall–Kier alpha value is -2.44. The van der Waals surface area contributed by atoms with Crippen LogP contribution in [0.15, 0.2) is 60.8 Å². The van der Waals surface area contributed by atoms with Gasteiger partial charge >= 0.3 is 0 Å². The molecule has 27 heavy (non-hydrogen) atoms. The number of nitrogens with one attached hydrogen (secondary N) is 1. The Morgan fingerprint density at radius 1 is 1.04 bits per heavy atom. The van der Waals surface area contributed by atoms with Gasteiger partial charge in [0.05, 0.1) is 17.1 Å². The van der Waals surface area contributed by atoms with Gasteiger partial charge < -0.3 is 5.32 Å². The normalized spacial score (nSPS) is 11.6. The summed E-state index contributed by atoms with van der Waals surface area (Å²) in [5, 5.41) is 8.07. The van der Waals surface area contributed by atoms with Gasteiger partial charge in [0.2, 0.25) is 0 Å². The van der Waals surface area contributed by atoms with E-state index in [-0.39, 0.29) is 11.5 Å². The Balaban J connectivity index is 1.87. The molecule has 0 saturated carbocycles. The molecule has 0 aliphatic rings. The highest BCUT2D eigenvalue weighted by atomic mass is 32.2. The Kier molecular flexibility index (Phi) is 6.08. The van der Waals surface area contributed by atoms with E-state index < -0.39 is 9.84 Å². The van der Waals surface area contributed by atoms with Crippen LogP contribution in [0.4, 0.5) is 0 Å². The minimum absolute atomic E-state index is 0.149. The summed E-state index contributed by atoms with van der Waals surface area (Å²) in [5.74, 6) is 0.325. The Labute approximate surface area is 161 Å². The van der Waals surface area contributed by atoms with Crippen LogP contribution >= 0.6 is 0 Å². The fourth-order valence-electron chi connectivity index (χ4n) is 2.91. The predicted octanol–water partition coefficient (Wildman–Crippen LogP) is 3.37. The Morgan fingerprint density at radius 3 is 2.44 bits per heavy atom. The second-order valence-electron chi connectivity index (χ2n) is 6.51. The van der Waals surface area contributed by atoms with Gasteiger partial charge in [0.1, 0.15) is 0 Å². The van der Waals surface area contributed by atoms with Gasteiger partial charge in [-0.05, 0) is 24.6 Å². The highest BCUT2D eigenvalue weighted by molar-refractivity contribution is 7.91. The van der Waals surface area contributed by atoms with Gasteiger partial charge in [-0.1, -0.05) is 49.4 Å². The number of nitrogens with zero attached hydrogens (tertiary/aromatic N) is 2. The van der Waals surface area contributed by atoms with Crippen molar-refractivity contribution in [2.45, 2.75) is 20.4 Å². The van der Waals surface area contributed by atoms with Crippen LogP contribution in [0, 0.1) is 6.92 Å². The van der Waals surface area contributed by atoms with Crippen molar-refractivity contribution < 1.29 is 8.42 Å². The van der Waals surface area contributed by atoms with Crippen molar-refractivity contribution in [2.24, 2.45) is 0 Å². The van der Waals surface area contributed by atoms with Gasteiger partial charge in [-0.15, -0.1) is 0 Å². The molecule has 1 aromatic heterocycles. The highest BCUT2D eigenvalue weighted by Crippen LogP contribution is 2.26. The summed E-state index contributed by atoms with van der Waals surface area (Å²) in [4.78, 5) is 0. The smallest absolute Gasteiger partial charge is 0.151 e. The van der Waals surface area contributed by atoms with E-state index in [1.54, 1.807) is 6.92 Å². The number of benzene rings is 2. The van der Waals surface area contributed by atoms with Crippen LogP contribution in [0.3, 0.4) is 0 Å². The van der Waals surface area contributed by atoms with E-state index in [2.05, 4.69) is 24.4 Å². The number of aryl methyl sites for hydroxylation is 1. The third kappa shape index (κ3) is 4.84. The van der Waals surface area contributed by atoms with Crippen LogP contribution in [0.2, 0.25) is 0 Å². The Bertz CT molecular complexity index is 995. The monoisotopic (exact) mass is 383 g/mol. The molecule has 0 aliphatic carbocycles. The van der Waals surface area contributed by atoms with E-state index in [4.69, 9.17) is 5.10 Å². The molecule has 0 radical (unpaired) electrons. The third-order valence-electron chi connectivity index (χ3n) is 4.56. The molecular weight excluding hydrogens is 358 g/mol. The van der Waals surface area contributed by atoms with Crippen LogP contribution in [-0.4, -0.2) is 36.2 Å². The van der Waals surface area contributed by atoms with Crippen LogP contribution in [0.1, 0.15) is 18.1 Å². The first-order valence-electron chi connectivity index (χ1n) is 9.11. The molecule has 0 unspecified atom stereocenters. The van der Waals surface area contributed by atoms with Crippen LogP contribution in [0.5, 0.6) is 0 Å². The number of aromatic nitrogens is 2. The van der Waals surface area contributed by atoms with Gasteiger partial charge in [-0.3, -0.25) is 0 Å². The van der Waals surface area contributed by atoms with Gasteiger partial charge in [0.25, 0.3) is 0 Å². The molecule has 1 heterocycles. The number of sulfone groups is 1. The minimum atomic E-state index is -2.96. The van der Waals surface area contributed by atoms with Gasteiger partial charge in [0.15, 0.2) is 9.84 Å². The maximum Gasteiger partial charge on any atom is 0.151 e. The molecule has 3 aromatic rings. The first-order chi connectivity index (χ1) is 13.0. The molecule has 142 valence electrons. The minimum Gasteiger partial charge on any atom is -0.312 e. The number of para-hydroxylation sites is 1. The van der Waals surface area contributed by atoms with E-state index in [0.29, 0.717) is 13.1 Å². The molecule has 0 bridgehead atoms. The van der Waals surface area contributed by atoms with E-state index in [1.165, 1.54) is 0 Å². The van der Waals surface area contributed by atoms with Gasteiger partial charge in [-0.25, -0.2) is 13.1 Å². The lowest BCUT2D eigenvalue weighted by atomic mass is 10.0. The summed E-state index contributed by atoms with van der Waals surface area (Å²) in [6, 6.07) is 18.1. The zero-order valence-electron chi connectivity index (χ0n) is 15.7. The summed E-state index contributed by atoms with van der Waals surface area (Å²) in [7, 11) is -2.96. The summed E-state index contributed by atoms with van der Waals surface area (Å²) in [6.45, 7) is 4.74. The number of hydrogen-bond donors (Lipinski definition) is 1. The van der Waals surface area contributed by atoms with Crippen molar-refractivity contribution in [3.05, 3.63) is 71.9 Å². The maximum atomic E-state index is 11.7. The van der Waals surface area contributed by atoms with Crippen molar-refractivity contribution in [2.75, 3.05) is 18.1 Å². The van der Waals surface area contributed by atoms with Crippen molar-refractivity contribution >= 4 is 9.84 Å². The molecule has 0 amide bonds. The van der Waals surface area contributed by atoms with Crippen molar-refractivity contribution in [3.8, 4) is 16.9 Å². The maximum absolute atomic E-state index is 11.7. The lowest BCUT2D eigenvalue weighted by molar-refractivity contribution is 0.592. The molecule has 6 heteroatoms. The zero-order chi connectivity index (χ0) is 19.3. The molecule has 0 spiro atoms. The summed E-state index contributed by atoms with van der Waals surface area (Å²) in [5.41, 5.74) is 5.20. The second kappa shape index (κ2) is 8.50. The summed E-state index contributed by atoms with van der Waals surface area (Å²) >= 11 is 0. The van der Waals surface area contributed by atoms with Crippen molar-refractivity contribution in [1.29, 1.82) is 0 Å². The van der Waals surface area contributed by atoms with Crippen LogP contribution in [-0.2, 0) is 16.4 Å². The van der Waals surface area contributed by atoms with Crippen molar-refractivity contribution in [1.82, 2.24) is 15.1 Å². The molecule has 5 nitrogen and oxygen atoms in total. The topological polar surface area (TPSA) is 64.0 Å². The second-order valence-corrected chi connectivity index (χ2v) is 8.98. The third-order valence-corrected chi connectivity index (χ3v) is 6.26. The fraction of sp³-hybridized carbons (Fsp3) is 0.286. The average molecular weight is 384 g/mol. The van der Waals surface area contributed by atoms with Gasteiger partial charge in [-0.2, -0.15) is 5.10 Å². The molecule has 0 fully saturated rings. The predicted molar refractivity (Wildman–Crippen MR) is 110 cm³/mol. The first kappa shape index (κ1) is 19.3. The van der Waals surface area contributed by atoms with E-state index in [0.717, 1.165) is 28.1 Å². The van der Waals surface area contributed by atoms with Crippen LogP contribution < -0.4 is 5.32 Å². The SMILES string of the molecule is CCS(=O)(=O)CCNCc1cn(-c2ccccc2)nc1-c1ccccc1C. The van der Waals surface area contributed by atoms with E-state index >= 15 is 0 Å². The molecular formula is C21H25N3O2S. The average Bonchev–Trinajstić information content (AvgIpc) is 3.10. The van der Waals surface area contributed by atoms with E-state index in [1.807, 2.05) is 53.3 Å². The van der Waals surface area contributed by atoms with Crippen LogP contribution in [0.25, 0.3) is 16.9 Å². The molecule has 2 aromatic carbocycles. The zero-order valence-corrected chi connectivity index (χ0v) is 16.5. The first-order valence-corrected chi connectivity index (χ1v) is 10.9.